The van der Waals surface area contributed by atoms with Crippen LogP contribution in [0.25, 0.3) is 0 Å². The number of halogens is 1. The smallest absolute Gasteiger partial charge is 0.127 e. The predicted octanol–water partition coefficient (Wildman–Crippen LogP) is 2.07. The van der Waals surface area contributed by atoms with Gasteiger partial charge in [0.2, 0.25) is 0 Å². The number of benzene rings is 1. The number of hydrogen-bond acceptors (Lipinski definition) is 3. The predicted molar refractivity (Wildman–Crippen MR) is 68.0 cm³/mol. The van der Waals surface area contributed by atoms with E-state index >= 15 is 0 Å². The zero-order valence-corrected chi connectivity index (χ0v) is 10.7. The lowest BCUT2D eigenvalue weighted by Crippen LogP contribution is -2.50. The highest BCUT2D eigenvalue weighted by Crippen LogP contribution is 2.43. The number of ether oxygens (including phenoxy) is 1. The summed E-state index contributed by atoms with van der Waals surface area (Å²) in [6, 6.07) is 4.62. The number of rotatable bonds is 0. The van der Waals surface area contributed by atoms with Crippen LogP contribution in [0.2, 0.25) is 0 Å². The van der Waals surface area contributed by atoms with Gasteiger partial charge in [-0.25, -0.2) is 4.39 Å². The highest BCUT2D eigenvalue weighted by atomic mass is 19.1. The van der Waals surface area contributed by atoms with Crippen molar-refractivity contribution in [1.29, 1.82) is 0 Å². The molecule has 2 aliphatic heterocycles. The first-order chi connectivity index (χ1) is 8.58. The molecule has 1 aromatic carbocycles. The van der Waals surface area contributed by atoms with E-state index in [2.05, 4.69) is 11.9 Å². The molecule has 0 aliphatic carbocycles. The number of hydrogen-bond donors (Lipinski definition) is 1. The van der Waals surface area contributed by atoms with Crippen molar-refractivity contribution in [3.63, 3.8) is 0 Å². The SMILES string of the molecule is CN1CCC2(CC1)C[C@H](N)c1ccc(F)cc1O2. The van der Waals surface area contributed by atoms with Crippen molar-refractivity contribution >= 4 is 0 Å². The number of fused-ring (bicyclic) bond motifs is 1. The maximum Gasteiger partial charge on any atom is 0.127 e. The van der Waals surface area contributed by atoms with Crippen molar-refractivity contribution in [1.82, 2.24) is 4.90 Å². The summed E-state index contributed by atoms with van der Waals surface area (Å²) in [5, 5.41) is 0. The molecule has 18 heavy (non-hydrogen) atoms. The molecule has 0 bridgehead atoms. The summed E-state index contributed by atoms with van der Waals surface area (Å²) in [6.45, 7) is 2.02. The van der Waals surface area contributed by atoms with Crippen LogP contribution in [0, 0.1) is 5.82 Å². The van der Waals surface area contributed by atoms with E-state index in [-0.39, 0.29) is 17.5 Å². The summed E-state index contributed by atoms with van der Waals surface area (Å²) in [7, 11) is 2.11. The van der Waals surface area contributed by atoms with Crippen LogP contribution in [-0.4, -0.2) is 30.6 Å². The van der Waals surface area contributed by atoms with E-state index in [1.165, 1.54) is 12.1 Å². The second-order valence-electron chi connectivity index (χ2n) is 5.58. The molecule has 3 nitrogen and oxygen atoms in total. The van der Waals surface area contributed by atoms with E-state index < -0.39 is 0 Å². The topological polar surface area (TPSA) is 38.5 Å². The Hall–Kier alpha value is -1.13. The molecule has 0 radical (unpaired) electrons. The minimum atomic E-state index is -0.258. The first kappa shape index (κ1) is 11.9. The van der Waals surface area contributed by atoms with Crippen LogP contribution in [0.5, 0.6) is 5.75 Å². The zero-order chi connectivity index (χ0) is 12.8. The first-order valence-corrected chi connectivity index (χ1v) is 6.51. The minimum absolute atomic E-state index is 0.0437. The Morgan fingerprint density at radius 3 is 2.83 bits per heavy atom. The third-order valence-corrected chi connectivity index (χ3v) is 4.19. The molecule has 0 saturated carbocycles. The molecule has 0 unspecified atom stereocenters. The monoisotopic (exact) mass is 250 g/mol. The van der Waals surface area contributed by atoms with Crippen LogP contribution in [0.4, 0.5) is 4.39 Å². The Kier molecular flexibility index (Phi) is 2.79. The molecule has 1 aromatic rings. The van der Waals surface area contributed by atoms with E-state index in [0.717, 1.165) is 37.9 Å². The quantitative estimate of drug-likeness (QED) is 0.766. The average Bonchev–Trinajstić information content (AvgIpc) is 2.33. The van der Waals surface area contributed by atoms with Gasteiger partial charge in [0.15, 0.2) is 0 Å². The van der Waals surface area contributed by atoms with Gasteiger partial charge in [0.1, 0.15) is 17.2 Å². The van der Waals surface area contributed by atoms with Gasteiger partial charge in [0.05, 0.1) is 0 Å². The molecule has 1 fully saturated rings. The number of nitrogens with zero attached hydrogens (tertiary/aromatic N) is 1. The van der Waals surface area contributed by atoms with Gasteiger partial charge in [-0.15, -0.1) is 0 Å². The van der Waals surface area contributed by atoms with Crippen LogP contribution in [-0.2, 0) is 0 Å². The maximum absolute atomic E-state index is 13.3. The van der Waals surface area contributed by atoms with Crippen molar-refractivity contribution in [2.75, 3.05) is 20.1 Å². The Bertz CT molecular complexity index is 455. The third kappa shape index (κ3) is 1.99. The molecule has 2 N–H and O–H groups in total. The molecular formula is C14H19FN2O. The summed E-state index contributed by atoms with van der Waals surface area (Å²) in [4.78, 5) is 2.29. The van der Waals surface area contributed by atoms with Crippen molar-refractivity contribution in [2.24, 2.45) is 5.73 Å². The minimum Gasteiger partial charge on any atom is -0.487 e. The van der Waals surface area contributed by atoms with Gasteiger partial charge in [-0.05, 0) is 26.0 Å². The second-order valence-corrected chi connectivity index (χ2v) is 5.58. The molecule has 1 atom stereocenters. The fourth-order valence-electron chi connectivity index (χ4n) is 3.02. The van der Waals surface area contributed by atoms with Crippen LogP contribution < -0.4 is 10.5 Å². The summed E-state index contributed by atoms with van der Waals surface area (Å²) < 4.78 is 19.4. The first-order valence-electron chi connectivity index (χ1n) is 6.51. The summed E-state index contributed by atoms with van der Waals surface area (Å²) in [5.41, 5.74) is 6.96. The highest BCUT2D eigenvalue weighted by molar-refractivity contribution is 5.39. The fraction of sp³-hybridized carbons (Fsp3) is 0.571. The molecule has 3 rings (SSSR count). The van der Waals surface area contributed by atoms with Gasteiger partial charge < -0.3 is 15.4 Å². The van der Waals surface area contributed by atoms with Crippen molar-refractivity contribution in [3.05, 3.63) is 29.6 Å². The Balaban J connectivity index is 1.90. The molecule has 0 amide bonds. The lowest BCUT2D eigenvalue weighted by Gasteiger charge is -2.45. The molecule has 2 heterocycles. The van der Waals surface area contributed by atoms with Gasteiger partial charge in [0, 0.05) is 37.2 Å². The van der Waals surface area contributed by atoms with Gasteiger partial charge >= 0.3 is 0 Å². The fourth-order valence-corrected chi connectivity index (χ4v) is 3.02. The summed E-state index contributed by atoms with van der Waals surface area (Å²) in [5.74, 6) is 0.379. The van der Waals surface area contributed by atoms with Gasteiger partial charge in [-0.2, -0.15) is 0 Å². The van der Waals surface area contributed by atoms with E-state index in [0.29, 0.717) is 5.75 Å². The lowest BCUT2D eigenvalue weighted by molar-refractivity contribution is -0.0166. The van der Waals surface area contributed by atoms with E-state index in [4.69, 9.17) is 10.5 Å². The molecule has 0 aromatic heterocycles. The van der Waals surface area contributed by atoms with Crippen LogP contribution in [0.3, 0.4) is 0 Å². The van der Waals surface area contributed by atoms with Gasteiger partial charge in [-0.3, -0.25) is 0 Å². The van der Waals surface area contributed by atoms with Crippen LogP contribution in [0.1, 0.15) is 30.9 Å². The number of piperidine rings is 1. The number of nitrogens with two attached hydrogens (primary N) is 1. The molecule has 4 heteroatoms. The van der Waals surface area contributed by atoms with Crippen molar-refractivity contribution < 1.29 is 9.13 Å². The van der Waals surface area contributed by atoms with Crippen LogP contribution >= 0.6 is 0 Å². The average molecular weight is 250 g/mol. The Labute approximate surface area is 107 Å². The lowest BCUT2D eigenvalue weighted by atomic mass is 9.81. The normalized spacial score (nSPS) is 26.7. The van der Waals surface area contributed by atoms with E-state index in [1.807, 2.05) is 0 Å². The van der Waals surface area contributed by atoms with Crippen molar-refractivity contribution in [2.45, 2.75) is 30.9 Å². The molecule has 1 saturated heterocycles. The second kappa shape index (κ2) is 4.21. The van der Waals surface area contributed by atoms with Gasteiger partial charge in [0.25, 0.3) is 0 Å². The summed E-state index contributed by atoms with van der Waals surface area (Å²) in [6.07, 6.45) is 2.76. The largest absolute Gasteiger partial charge is 0.487 e. The highest BCUT2D eigenvalue weighted by Gasteiger charge is 2.41. The van der Waals surface area contributed by atoms with E-state index in [9.17, 15) is 4.39 Å². The maximum atomic E-state index is 13.3. The van der Waals surface area contributed by atoms with Gasteiger partial charge in [-0.1, -0.05) is 6.07 Å². The molecule has 1 spiro atoms. The molecule has 98 valence electrons. The standard InChI is InChI=1S/C14H19FN2O/c1-17-6-4-14(5-7-17)9-12(16)11-3-2-10(15)8-13(11)18-14/h2-3,8,12H,4-7,9,16H2,1H3/t12-/m0/s1. The zero-order valence-electron chi connectivity index (χ0n) is 10.7. The number of likely N-dealkylation sites (tertiary alicyclic amines) is 1. The van der Waals surface area contributed by atoms with E-state index in [1.54, 1.807) is 6.07 Å². The molecule has 2 aliphatic rings. The Morgan fingerprint density at radius 1 is 1.39 bits per heavy atom. The Morgan fingerprint density at radius 2 is 2.11 bits per heavy atom. The third-order valence-electron chi connectivity index (χ3n) is 4.19. The van der Waals surface area contributed by atoms with Crippen LogP contribution in [0.15, 0.2) is 18.2 Å². The summed E-state index contributed by atoms with van der Waals surface area (Å²) >= 11 is 0. The van der Waals surface area contributed by atoms with Crippen molar-refractivity contribution in [3.8, 4) is 5.75 Å². The molecular weight excluding hydrogens is 231 g/mol.